The van der Waals surface area contributed by atoms with Gasteiger partial charge in [0.2, 0.25) is 10.0 Å². The fourth-order valence-corrected chi connectivity index (χ4v) is 2.95. The minimum absolute atomic E-state index is 0.0295. The van der Waals surface area contributed by atoms with Crippen LogP contribution in [0.4, 0.5) is 14.5 Å². The summed E-state index contributed by atoms with van der Waals surface area (Å²) in [6.45, 7) is 1.04. The van der Waals surface area contributed by atoms with Gasteiger partial charge < -0.3 is 0 Å². The van der Waals surface area contributed by atoms with Crippen LogP contribution in [0.3, 0.4) is 0 Å². The van der Waals surface area contributed by atoms with Crippen LogP contribution in [0.25, 0.3) is 0 Å². The van der Waals surface area contributed by atoms with E-state index in [0.29, 0.717) is 11.3 Å². The van der Waals surface area contributed by atoms with Crippen molar-refractivity contribution in [2.45, 2.75) is 6.92 Å². The summed E-state index contributed by atoms with van der Waals surface area (Å²) in [4.78, 5) is 12.1. The Bertz CT molecular complexity index is 929. The smallest absolute Gasteiger partial charge is 0.260 e. The number of hydrogen-bond acceptors (Lipinski definition) is 4. The summed E-state index contributed by atoms with van der Waals surface area (Å²) in [6, 6.07) is 10.4. The molecule has 0 aliphatic carbocycles. The Morgan fingerprint density at radius 3 is 2.35 bits per heavy atom. The molecule has 0 heterocycles. The molecule has 9 heteroatoms. The van der Waals surface area contributed by atoms with Crippen LogP contribution >= 0.6 is 0 Å². The number of amides is 1. The molecule has 0 fully saturated rings. The first-order chi connectivity index (χ1) is 12.2. The van der Waals surface area contributed by atoms with Crippen LogP contribution in [0.2, 0.25) is 0 Å². The highest BCUT2D eigenvalue weighted by molar-refractivity contribution is 7.92. The SMILES string of the molecule is C/C(=N/NC(=O)CN(c1cccc(F)c1)S(C)(=O)=O)c1ccc(F)cc1. The highest BCUT2D eigenvalue weighted by Gasteiger charge is 2.21. The van der Waals surface area contributed by atoms with E-state index in [0.717, 1.165) is 16.6 Å². The molecule has 0 aliphatic heterocycles. The second kappa shape index (κ2) is 8.05. The lowest BCUT2D eigenvalue weighted by Gasteiger charge is -2.21. The summed E-state index contributed by atoms with van der Waals surface area (Å²) in [5.41, 5.74) is 3.27. The van der Waals surface area contributed by atoms with Gasteiger partial charge in [-0.1, -0.05) is 18.2 Å². The molecule has 0 bridgehead atoms. The van der Waals surface area contributed by atoms with E-state index in [1.54, 1.807) is 6.92 Å². The zero-order chi connectivity index (χ0) is 19.3. The van der Waals surface area contributed by atoms with E-state index in [-0.39, 0.29) is 5.69 Å². The largest absolute Gasteiger partial charge is 0.271 e. The van der Waals surface area contributed by atoms with E-state index < -0.39 is 34.1 Å². The summed E-state index contributed by atoms with van der Waals surface area (Å²) < 4.78 is 50.9. The van der Waals surface area contributed by atoms with Crippen molar-refractivity contribution >= 4 is 27.3 Å². The lowest BCUT2D eigenvalue weighted by atomic mass is 10.1. The summed E-state index contributed by atoms with van der Waals surface area (Å²) >= 11 is 0. The maximum Gasteiger partial charge on any atom is 0.260 e. The van der Waals surface area contributed by atoms with Gasteiger partial charge in [-0.15, -0.1) is 0 Å². The molecule has 0 radical (unpaired) electrons. The Morgan fingerprint density at radius 1 is 1.12 bits per heavy atom. The average molecular weight is 381 g/mol. The van der Waals surface area contributed by atoms with E-state index in [9.17, 15) is 22.0 Å². The van der Waals surface area contributed by atoms with Gasteiger partial charge in [0.05, 0.1) is 17.7 Å². The Morgan fingerprint density at radius 2 is 1.77 bits per heavy atom. The van der Waals surface area contributed by atoms with E-state index in [1.807, 2.05) is 0 Å². The number of hydrazone groups is 1. The van der Waals surface area contributed by atoms with Crippen molar-refractivity contribution < 1.29 is 22.0 Å². The number of carbonyl (C=O) groups is 1. The van der Waals surface area contributed by atoms with Gasteiger partial charge in [-0.05, 0) is 42.8 Å². The summed E-state index contributed by atoms with van der Waals surface area (Å²) in [6.07, 6.45) is 0.915. The second-order valence-electron chi connectivity index (χ2n) is 5.49. The van der Waals surface area contributed by atoms with Crippen LogP contribution in [-0.2, 0) is 14.8 Å². The minimum Gasteiger partial charge on any atom is -0.271 e. The lowest BCUT2D eigenvalue weighted by Crippen LogP contribution is -2.39. The van der Waals surface area contributed by atoms with Gasteiger partial charge >= 0.3 is 0 Å². The first kappa shape index (κ1) is 19.5. The maximum atomic E-state index is 13.4. The Labute approximate surface area is 150 Å². The van der Waals surface area contributed by atoms with Gasteiger partial charge in [-0.2, -0.15) is 5.10 Å². The molecule has 0 aromatic heterocycles. The normalized spacial score (nSPS) is 11.9. The van der Waals surface area contributed by atoms with E-state index in [2.05, 4.69) is 10.5 Å². The first-order valence-corrected chi connectivity index (χ1v) is 9.34. The molecule has 2 aromatic rings. The Balaban J connectivity index is 2.12. The molecule has 6 nitrogen and oxygen atoms in total. The molecular formula is C17H17F2N3O3S. The minimum atomic E-state index is -3.81. The monoisotopic (exact) mass is 381 g/mol. The van der Waals surface area contributed by atoms with E-state index in [4.69, 9.17) is 0 Å². The molecular weight excluding hydrogens is 364 g/mol. The van der Waals surface area contributed by atoms with Gasteiger partial charge in [-0.25, -0.2) is 22.6 Å². The van der Waals surface area contributed by atoms with Crippen molar-refractivity contribution in [1.29, 1.82) is 0 Å². The van der Waals surface area contributed by atoms with Gasteiger partial charge in [0, 0.05) is 0 Å². The molecule has 1 amide bonds. The Hall–Kier alpha value is -2.81. The molecule has 0 saturated carbocycles. The van der Waals surface area contributed by atoms with Crippen molar-refractivity contribution in [3.8, 4) is 0 Å². The van der Waals surface area contributed by atoms with Crippen molar-refractivity contribution in [2.24, 2.45) is 5.10 Å². The van der Waals surface area contributed by atoms with Gasteiger partial charge in [0.15, 0.2) is 0 Å². The third-order valence-electron chi connectivity index (χ3n) is 3.39. The second-order valence-corrected chi connectivity index (χ2v) is 7.40. The molecule has 138 valence electrons. The summed E-state index contributed by atoms with van der Waals surface area (Å²) in [5.74, 6) is -1.73. The number of carbonyl (C=O) groups excluding carboxylic acids is 1. The van der Waals surface area contributed by atoms with Crippen LogP contribution in [0.5, 0.6) is 0 Å². The molecule has 26 heavy (non-hydrogen) atoms. The molecule has 2 rings (SSSR count). The van der Waals surface area contributed by atoms with Crippen molar-refractivity contribution in [3.05, 3.63) is 65.7 Å². The maximum absolute atomic E-state index is 13.4. The number of rotatable bonds is 6. The van der Waals surface area contributed by atoms with Gasteiger partial charge in [0.25, 0.3) is 5.91 Å². The predicted molar refractivity (Wildman–Crippen MR) is 95.3 cm³/mol. The lowest BCUT2D eigenvalue weighted by molar-refractivity contribution is -0.119. The fourth-order valence-electron chi connectivity index (χ4n) is 2.10. The zero-order valence-electron chi connectivity index (χ0n) is 14.1. The van der Waals surface area contributed by atoms with E-state index in [1.165, 1.54) is 42.5 Å². The van der Waals surface area contributed by atoms with Crippen molar-refractivity contribution in [3.63, 3.8) is 0 Å². The highest BCUT2D eigenvalue weighted by atomic mass is 32.2. The molecule has 0 spiro atoms. The molecule has 2 aromatic carbocycles. The Kier molecular flexibility index (Phi) is 6.04. The first-order valence-electron chi connectivity index (χ1n) is 7.49. The van der Waals surface area contributed by atoms with Crippen LogP contribution in [0.1, 0.15) is 12.5 Å². The number of nitrogens with one attached hydrogen (secondary N) is 1. The van der Waals surface area contributed by atoms with Crippen molar-refractivity contribution in [2.75, 3.05) is 17.1 Å². The van der Waals surface area contributed by atoms with Gasteiger partial charge in [-0.3, -0.25) is 9.10 Å². The molecule has 0 saturated heterocycles. The number of hydrogen-bond donors (Lipinski definition) is 1. The van der Waals surface area contributed by atoms with Crippen LogP contribution in [0.15, 0.2) is 53.6 Å². The fraction of sp³-hybridized carbons (Fsp3) is 0.176. The quantitative estimate of drug-likeness (QED) is 0.616. The molecule has 1 N–H and O–H groups in total. The van der Waals surface area contributed by atoms with E-state index >= 15 is 0 Å². The van der Waals surface area contributed by atoms with Crippen LogP contribution in [-0.4, -0.2) is 32.8 Å². The number of nitrogens with zero attached hydrogens (tertiary/aromatic N) is 2. The molecule has 0 aliphatic rings. The topological polar surface area (TPSA) is 78.8 Å². The number of anilines is 1. The van der Waals surface area contributed by atoms with Crippen LogP contribution < -0.4 is 9.73 Å². The number of benzene rings is 2. The number of halogens is 2. The third-order valence-corrected chi connectivity index (χ3v) is 4.53. The predicted octanol–water partition coefficient (Wildman–Crippen LogP) is 2.27. The summed E-state index contributed by atoms with van der Waals surface area (Å²) in [7, 11) is -3.81. The molecule has 0 unspecified atom stereocenters. The zero-order valence-corrected chi connectivity index (χ0v) is 14.9. The highest BCUT2D eigenvalue weighted by Crippen LogP contribution is 2.18. The average Bonchev–Trinajstić information content (AvgIpc) is 2.57. The number of sulfonamides is 1. The van der Waals surface area contributed by atoms with Crippen molar-refractivity contribution in [1.82, 2.24) is 5.43 Å². The standard InChI is InChI=1S/C17H17F2N3O3S/c1-12(13-6-8-14(18)9-7-13)20-21-17(23)11-22(26(2,24)25)16-5-3-4-15(19)10-16/h3-10H,11H2,1-2H3,(H,21,23)/b20-12-. The third kappa shape index (κ3) is 5.35. The summed E-state index contributed by atoms with van der Waals surface area (Å²) in [5, 5.41) is 3.87. The van der Waals surface area contributed by atoms with Crippen LogP contribution in [0, 0.1) is 11.6 Å². The molecule has 0 atom stereocenters. The van der Waals surface area contributed by atoms with Gasteiger partial charge in [0.1, 0.15) is 18.2 Å².